The monoisotopic (exact) mass is 372 g/mol. The van der Waals surface area contributed by atoms with Crippen molar-refractivity contribution in [2.24, 2.45) is 0 Å². The van der Waals surface area contributed by atoms with E-state index in [1.54, 1.807) is 17.9 Å². The number of amides is 2. The Hall–Kier alpha value is -2.83. The topological polar surface area (TPSA) is 88.9 Å². The van der Waals surface area contributed by atoms with Gasteiger partial charge in [-0.3, -0.25) is 4.79 Å². The van der Waals surface area contributed by atoms with Crippen molar-refractivity contribution in [3.05, 3.63) is 45.8 Å². The minimum absolute atomic E-state index is 0.0109. The summed E-state index contributed by atoms with van der Waals surface area (Å²) in [5.41, 5.74) is 1.68. The summed E-state index contributed by atoms with van der Waals surface area (Å²) in [4.78, 5) is 37.6. The maximum absolute atomic E-state index is 12.5. The van der Waals surface area contributed by atoms with Crippen molar-refractivity contribution in [1.29, 1.82) is 0 Å². The van der Waals surface area contributed by atoms with Crippen LogP contribution in [-0.4, -0.2) is 42.6 Å². The first-order valence-corrected chi connectivity index (χ1v) is 9.20. The molecule has 7 nitrogen and oxygen atoms in total. The van der Waals surface area contributed by atoms with E-state index in [1.165, 1.54) is 6.07 Å². The van der Waals surface area contributed by atoms with E-state index in [2.05, 4.69) is 5.32 Å². The van der Waals surface area contributed by atoms with Crippen molar-refractivity contribution in [2.75, 3.05) is 19.7 Å². The highest BCUT2D eigenvalue weighted by atomic mass is 16.6. The highest BCUT2D eigenvalue weighted by molar-refractivity contribution is 5.87. The van der Waals surface area contributed by atoms with Crippen molar-refractivity contribution < 1.29 is 18.7 Å². The third-order valence-corrected chi connectivity index (χ3v) is 4.72. The summed E-state index contributed by atoms with van der Waals surface area (Å²) in [7, 11) is 0. The highest BCUT2D eigenvalue weighted by Crippen LogP contribution is 2.19. The van der Waals surface area contributed by atoms with Gasteiger partial charge >= 0.3 is 11.7 Å². The molecule has 0 bridgehead atoms. The Balaban J connectivity index is 1.61. The third-order valence-electron chi connectivity index (χ3n) is 4.72. The number of benzene rings is 1. The van der Waals surface area contributed by atoms with Crippen LogP contribution in [0.15, 0.2) is 33.5 Å². The van der Waals surface area contributed by atoms with Crippen LogP contribution in [0.5, 0.6) is 0 Å². The van der Waals surface area contributed by atoms with Crippen molar-refractivity contribution in [3.63, 3.8) is 0 Å². The van der Waals surface area contributed by atoms with E-state index in [9.17, 15) is 14.4 Å². The lowest BCUT2D eigenvalue weighted by Gasteiger charge is -2.31. The molecule has 1 aromatic carbocycles. The van der Waals surface area contributed by atoms with Crippen LogP contribution in [-0.2, 0) is 16.0 Å². The first-order valence-electron chi connectivity index (χ1n) is 9.20. The number of carbonyl (C=O) groups is 2. The molecule has 1 aliphatic rings. The number of aryl methyl sites for hydroxylation is 1. The van der Waals surface area contributed by atoms with E-state index < -0.39 is 5.63 Å². The fraction of sp³-hybridized carbons (Fsp3) is 0.450. The van der Waals surface area contributed by atoms with E-state index in [-0.39, 0.29) is 24.5 Å². The molecule has 3 rings (SSSR count). The summed E-state index contributed by atoms with van der Waals surface area (Å²) in [5, 5.41) is 3.77. The standard InChI is InChI=1S/C20H24N2O5/c1-3-26-20(25)22-8-6-15(7-9-22)21-18(23)11-14-12-19(24)27-17-10-13(2)4-5-16(14)17/h4-5,10,12,15H,3,6-9,11H2,1-2H3,(H,21,23). The molecule has 1 aromatic heterocycles. The Labute approximate surface area is 157 Å². The summed E-state index contributed by atoms with van der Waals surface area (Å²) >= 11 is 0. The van der Waals surface area contributed by atoms with Crippen LogP contribution in [0.4, 0.5) is 4.79 Å². The number of piperidine rings is 1. The lowest BCUT2D eigenvalue weighted by atomic mass is 10.0. The van der Waals surface area contributed by atoms with Gasteiger partial charge < -0.3 is 19.4 Å². The van der Waals surface area contributed by atoms with Crippen LogP contribution < -0.4 is 10.9 Å². The zero-order chi connectivity index (χ0) is 19.4. The maximum atomic E-state index is 12.5. The van der Waals surface area contributed by atoms with Gasteiger partial charge in [-0.15, -0.1) is 0 Å². The number of rotatable bonds is 4. The fourth-order valence-corrected chi connectivity index (χ4v) is 3.36. The van der Waals surface area contributed by atoms with Crippen molar-refractivity contribution in [2.45, 2.75) is 39.2 Å². The number of ether oxygens (including phenoxy) is 1. The first kappa shape index (κ1) is 18.9. The highest BCUT2D eigenvalue weighted by Gasteiger charge is 2.24. The van der Waals surface area contributed by atoms with Crippen molar-refractivity contribution in [1.82, 2.24) is 10.2 Å². The predicted molar refractivity (Wildman–Crippen MR) is 101 cm³/mol. The summed E-state index contributed by atoms with van der Waals surface area (Å²) in [6.07, 6.45) is 1.17. The third kappa shape index (κ3) is 4.67. The van der Waals surface area contributed by atoms with Gasteiger partial charge in [-0.1, -0.05) is 12.1 Å². The van der Waals surface area contributed by atoms with E-state index >= 15 is 0 Å². The van der Waals surface area contributed by atoms with Gasteiger partial charge in [0, 0.05) is 30.6 Å². The van der Waals surface area contributed by atoms with E-state index in [4.69, 9.17) is 9.15 Å². The molecule has 0 spiro atoms. The van der Waals surface area contributed by atoms with E-state index in [0.717, 1.165) is 10.9 Å². The lowest BCUT2D eigenvalue weighted by molar-refractivity contribution is -0.121. The second kappa shape index (κ2) is 8.24. The molecule has 1 N–H and O–H groups in total. The molecule has 27 heavy (non-hydrogen) atoms. The molecule has 1 aliphatic heterocycles. The normalized spacial score (nSPS) is 15.0. The quantitative estimate of drug-likeness (QED) is 0.833. The van der Waals surface area contributed by atoms with Crippen molar-refractivity contribution in [3.8, 4) is 0 Å². The molecule has 0 atom stereocenters. The Morgan fingerprint density at radius 3 is 2.70 bits per heavy atom. The molecule has 0 aliphatic carbocycles. The predicted octanol–water partition coefficient (Wildman–Crippen LogP) is 2.38. The van der Waals surface area contributed by atoms with Gasteiger partial charge in [0.15, 0.2) is 0 Å². The molecular weight excluding hydrogens is 348 g/mol. The molecule has 0 radical (unpaired) electrons. The number of hydrogen-bond acceptors (Lipinski definition) is 5. The summed E-state index contributed by atoms with van der Waals surface area (Å²) in [5.74, 6) is -0.142. The lowest BCUT2D eigenvalue weighted by Crippen LogP contribution is -2.47. The summed E-state index contributed by atoms with van der Waals surface area (Å²) in [6, 6.07) is 6.98. The largest absolute Gasteiger partial charge is 0.450 e. The Bertz CT molecular complexity index is 897. The molecule has 1 saturated heterocycles. The number of hydrogen-bond donors (Lipinski definition) is 1. The second-order valence-electron chi connectivity index (χ2n) is 6.79. The average Bonchev–Trinajstić information content (AvgIpc) is 2.61. The van der Waals surface area contributed by atoms with Gasteiger partial charge in [0.2, 0.25) is 5.91 Å². The van der Waals surface area contributed by atoms with Crippen molar-refractivity contribution >= 4 is 23.0 Å². The molecule has 0 saturated carbocycles. The zero-order valence-corrected chi connectivity index (χ0v) is 15.6. The van der Waals surface area contributed by atoms with Gasteiger partial charge in [0.25, 0.3) is 0 Å². The molecular formula is C20H24N2O5. The summed E-state index contributed by atoms with van der Waals surface area (Å²) in [6.45, 7) is 5.16. The minimum atomic E-state index is -0.460. The molecule has 0 unspecified atom stereocenters. The van der Waals surface area contributed by atoms with Gasteiger partial charge in [0.05, 0.1) is 13.0 Å². The average molecular weight is 372 g/mol. The number of carbonyl (C=O) groups excluding carboxylic acids is 2. The minimum Gasteiger partial charge on any atom is -0.450 e. The number of fused-ring (bicyclic) bond motifs is 1. The molecule has 7 heteroatoms. The summed E-state index contributed by atoms with van der Waals surface area (Å²) < 4.78 is 10.2. The van der Waals surface area contributed by atoms with Crippen LogP contribution >= 0.6 is 0 Å². The smallest absolute Gasteiger partial charge is 0.409 e. The fourth-order valence-electron chi connectivity index (χ4n) is 3.36. The maximum Gasteiger partial charge on any atom is 0.409 e. The Kier molecular flexibility index (Phi) is 5.78. The second-order valence-corrected chi connectivity index (χ2v) is 6.79. The first-order chi connectivity index (χ1) is 13.0. The van der Waals surface area contributed by atoms with Crippen LogP contribution in [0.25, 0.3) is 11.0 Å². The van der Waals surface area contributed by atoms with Crippen LogP contribution in [0.3, 0.4) is 0 Å². The number of likely N-dealkylation sites (tertiary alicyclic amines) is 1. The number of nitrogens with one attached hydrogen (secondary N) is 1. The van der Waals surface area contributed by atoms with Gasteiger partial charge in [0.1, 0.15) is 5.58 Å². The molecule has 144 valence electrons. The SMILES string of the molecule is CCOC(=O)N1CCC(NC(=O)Cc2cc(=O)oc3cc(C)ccc23)CC1. The zero-order valence-electron chi connectivity index (χ0n) is 15.6. The Morgan fingerprint density at radius 1 is 1.26 bits per heavy atom. The Morgan fingerprint density at radius 2 is 2.00 bits per heavy atom. The van der Waals surface area contributed by atoms with Gasteiger partial charge in [-0.2, -0.15) is 0 Å². The van der Waals surface area contributed by atoms with Crippen LogP contribution in [0, 0.1) is 6.92 Å². The van der Waals surface area contributed by atoms with Crippen LogP contribution in [0.1, 0.15) is 30.9 Å². The van der Waals surface area contributed by atoms with E-state index in [1.807, 2.05) is 19.1 Å². The molecule has 2 aromatic rings. The molecule has 1 fully saturated rings. The van der Waals surface area contributed by atoms with Gasteiger partial charge in [-0.25, -0.2) is 9.59 Å². The molecule has 2 heterocycles. The molecule has 2 amide bonds. The van der Waals surface area contributed by atoms with Crippen LogP contribution in [0.2, 0.25) is 0 Å². The van der Waals surface area contributed by atoms with Gasteiger partial charge in [-0.05, 0) is 43.9 Å². The van der Waals surface area contributed by atoms with E-state index in [0.29, 0.717) is 43.7 Å². The number of nitrogens with zero attached hydrogens (tertiary/aromatic N) is 1.